The van der Waals surface area contributed by atoms with Crippen LogP contribution in [0.15, 0.2) is 35.1 Å². The highest BCUT2D eigenvalue weighted by molar-refractivity contribution is 5.74. The van der Waals surface area contributed by atoms with E-state index in [0.717, 1.165) is 23.2 Å². The molecule has 1 aliphatic rings. The Morgan fingerprint density at radius 1 is 1.56 bits per heavy atom. The lowest BCUT2D eigenvalue weighted by Crippen LogP contribution is -2.52. The summed E-state index contributed by atoms with van der Waals surface area (Å²) in [4.78, 5) is 4.32. The van der Waals surface area contributed by atoms with E-state index in [-0.39, 0.29) is 5.54 Å². The van der Waals surface area contributed by atoms with Crippen molar-refractivity contribution in [2.75, 3.05) is 6.54 Å². The smallest absolute Gasteiger partial charge is 0.152 e. The van der Waals surface area contributed by atoms with Gasteiger partial charge in [0.25, 0.3) is 0 Å². The van der Waals surface area contributed by atoms with Gasteiger partial charge >= 0.3 is 0 Å². The quantitative estimate of drug-likeness (QED) is 0.835. The van der Waals surface area contributed by atoms with Crippen LogP contribution in [0.5, 0.6) is 0 Å². The summed E-state index contributed by atoms with van der Waals surface area (Å²) in [7, 11) is 0. The van der Waals surface area contributed by atoms with Crippen LogP contribution >= 0.6 is 0 Å². The molecular formula is C13H14N2O. The highest BCUT2D eigenvalue weighted by Crippen LogP contribution is 2.21. The third-order valence-corrected chi connectivity index (χ3v) is 3.14. The Labute approximate surface area is 94.2 Å². The van der Waals surface area contributed by atoms with Crippen molar-refractivity contribution in [1.82, 2.24) is 10.3 Å². The largest absolute Gasteiger partial charge is 0.463 e. The molecule has 0 aliphatic carbocycles. The molecule has 0 radical (unpaired) electrons. The maximum atomic E-state index is 5.32. The Balaban J connectivity index is 1.88. The van der Waals surface area contributed by atoms with E-state index in [9.17, 15) is 0 Å². The van der Waals surface area contributed by atoms with E-state index < -0.39 is 0 Å². The second-order valence-electron chi connectivity index (χ2n) is 4.50. The first-order chi connectivity index (χ1) is 7.75. The highest BCUT2D eigenvalue weighted by Gasteiger charge is 2.27. The number of hydrogen-bond acceptors (Lipinski definition) is 3. The van der Waals surface area contributed by atoms with Crippen molar-refractivity contribution in [3.8, 4) is 0 Å². The van der Waals surface area contributed by atoms with Gasteiger partial charge in [0.05, 0.1) is 6.26 Å². The number of nitrogens with zero attached hydrogens (tertiary/aromatic N) is 1. The number of fused-ring (bicyclic) bond motifs is 1. The Morgan fingerprint density at radius 3 is 3.19 bits per heavy atom. The summed E-state index contributed by atoms with van der Waals surface area (Å²) in [5, 5.41) is 3.39. The zero-order chi connectivity index (χ0) is 11.0. The Bertz CT molecular complexity index is 538. The summed E-state index contributed by atoms with van der Waals surface area (Å²) >= 11 is 0. The van der Waals surface area contributed by atoms with Crippen LogP contribution in [-0.2, 0) is 0 Å². The lowest BCUT2D eigenvalue weighted by atomic mass is 9.89. The number of hydrogen-bond donors (Lipinski definition) is 1. The second kappa shape index (κ2) is 3.46. The fourth-order valence-corrected chi connectivity index (χ4v) is 1.89. The second-order valence-corrected chi connectivity index (χ2v) is 4.50. The molecule has 3 rings (SSSR count). The van der Waals surface area contributed by atoms with Gasteiger partial charge in [0.15, 0.2) is 5.58 Å². The Hall–Kier alpha value is -1.61. The van der Waals surface area contributed by atoms with Crippen LogP contribution in [0.25, 0.3) is 17.2 Å². The average molecular weight is 214 g/mol. The van der Waals surface area contributed by atoms with Crippen molar-refractivity contribution in [2.45, 2.75) is 18.9 Å². The number of nitrogens with one attached hydrogen (secondary N) is 1. The van der Waals surface area contributed by atoms with Crippen LogP contribution in [0.3, 0.4) is 0 Å². The number of aromatic nitrogens is 1. The van der Waals surface area contributed by atoms with E-state index in [4.69, 9.17) is 4.42 Å². The Kier molecular flexibility index (Phi) is 2.07. The molecule has 3 heteroatoms. The fourth-order valence-electron chi connectivity index (χ4n) is 1.89. The van der Waals surface area contributed by atoms with Gasteiger partial charge in [-0.1, -0.05) is 12.2 Å². The molecular weight excluding hydrogens is 200 g/mol. The van der Waals surface area contributed by atoms with E-state index >= 15 is 0 Å². The van der Waals surface area contributed by atoms with Gasteiger partial charge < -0.3 is 9.73 Å². The molecule has 82 valence electrons. The fraction of sp³-hybridized carbons (Fsp3) is 0.308. The summed E-state index contributed by atoms with van der Waals surface area (Å²) in [5.74, 6) is 0. The third-order valence-electron chi connectivity index (χ3n) is 3.14. The first-order valence-corrected chi connectivity index (χ1v) is 5.53. The molecule has 0 aromatic carbocycles. The minimum Gasteiger partial charge on any atom is -0.463 e. The van der Waals surface area contributed by atoms with Gasteiger partial charge in [0.1, 0.15) is 5.52 Å². The average Bonchev–Trinajstić information content (AvgIpc) is 2.70. The Morgan fingerprint density at radius 2 is 2.44 bits per heavy atom. The van der Waals surface area contributed by atoms with Crippen LogP contribution in [0.1, 0.15) is 18.9 Å². The first-order valence-electron chi connectivity index (χ1n) is 5.53. The van der Waals surface area contributed by atoms with Gasteiger partial charge in [-0.25, -0.2) is 0 Å². The molecule has 1 saturated heterocycles. The summed E-state index contributed by atoms with van der Waals surface area (Å²) in [6.07, 6.45) is 9.03. The van der Waals surface area contributed by atoms with Crippen LogP contribution in [0.2, 0.25) is 0 Å². The number of pyridine rings is 1. The molecule has 1 fully saturated rings. The maximum absolute atomic E-state index is 5.32. The van der Waals surface area contributed by atoms with Crippen molar-refractivity contribution < 1.29 is 4.42 Å². The van der Waals surface area contributed by atoms with Crippen molar-refractivity contribution >= 4 is 17.2 Å². The first kappa shape index (κ1) is 9.60. The monoisotopic (exact) mass is 214 g/mol. The number of furan rings is 1. The molecule has 1 unspecified atom stereocenters. The predicted molar refractivity (Wildman–Crippen MR) is 64.1 cm³/mol. The number of rotatable bonds is 2. The topological polar surface area (TPSA) is 38.1 Å². The van der Waals surface area contributed by atoms with Gasteiger partial charge in [-0.05, 0) is 31.5 Å². The molecule has 2 aromatic heterocycles. The molecule has 1 N–H and O–H groups in total. The third kappa shape index (κ3) is 1.63. The normalized spacial score (nSPS) is 25.1. The van der Waals surface area contributed by atoms with E-state index in [1.807, 2.05) is 18.3 Å². The molecule has 1 atom stereocenters. The van der Waals surface area contributed by atoms with Crippen molar-refractivity contribution in [3.05, 3.63) is 36.2 Å². The molecule has 3 nitrogen and oxygen atoms in total. The molecule has 0 spiro atoms. The van der Waals surface area contributed by atoms with Gasteiger partial charge in [0.2, 0.25) is 0 Å². The van der Waals surface area contributed by atoms with E-state index in [1.54, 1.807) is 6.26 Å². The van der Waals surface area contributed by atoms with Crippen LogP contribution < -0.4 is 5.32 Å². The lowest BCUT2D eigenvalue weighted by molar-refractivity contribution is 0.301. The highest BCUT2D eigenvalue weighted by atomic mass is 16.3. The molecule has 16 heavy (non-hydrogen) atoms. The van der Waals surface area contributed by atoms with E-state index in [0.29, 0.717) is 0 Å². The molecule has 0 saturated carbocycles. The molecule has 0 amide bonds. The van der Waals surface area contributed by atoms with Crippen LogP contribution in [-0.4, -0.2) is 17.1 Å². The van der Waals surface area contributed by atoms with Crippen molar-refractivity contribution in [3.63, 3.8) is 0 Å². The SMILES string of the molecule is CC1(C=Cc2cnc3ccoc3c2)CCN1. The minimum absolute atomic E-state index is 0.165. The molecule has 1 aliphatic heterocycles. The summed E-state index contributed by atoms with van der Waals surface area (Å²) in [5.41, 5.74) is 2.99. The van der Waals surface area contributed by atoms with Crippen molar-refractivity contribution in [1.29, 1.82) is 0 Å². The van der Waals surface area contributed by atoms with Gasteiger partial charge in [-0.15, -0.1) is 0 Å². The zero-order valence-electron chi connectivity index (χ0n) is 9.23. The summed E-state index contributed by atoms with van der Waals surface area (Å²) in [6.45, 7) is 3.31. The molecule has 0 bridgehead atoms. The van der Waals surface area contributed by atoms with Crippen LogP contribution in [0.4, 0.5) is 0 Å². The summed E-state index contributed by atoms with van der Waals surface area (Å²) < 4.78 is 5.32. The standard InChI is InChI=1S/C13H14N2O/c1-13(5-6-15-13)4-2-10-8-12-11(14-9-10)3-7-16-12/h2-4,7-9,15H,5-6H2,1H3. The van der Waals surface area contributed by atoms with Gasteiger partial charge in [-0.3, -0.25) is 4.98 Å². The summed E-state index contributed by atoms with van der Waals surface area (Å²) in [6, 6.07) is 3.89. The van der Waals surface area contributed by atoms with Crippen LogP contribution in [0, 0.1) is 0 Å². The van der Waals surface area contributed by atoms with Gasteiger partial charge in [0, 0.05) is 17.8 Å². The van der Waals surface area contributed by atoms with Crippen molar-refractivity contribution in [2.24, 2.45) is 0 Å². The minimum atomic E-state index is 0.165. The zero-order valence-corrected chi connectivity index (χ0v) is 9.23. The lowest BCUT2D eigenvalue weighted by Gasteiger charge is -2.37. The van der Waals surface area contributed by atoms with E-state index in [1.165, 1.54) is 6.42 Å². The maximum Gasteiger partial charge on any atom is 0.152 e. The van der Waals surface area contributed by atoms with Gasteiger partial charge in [-0.2, -0.15) is 0 Å². The van der Waals surface area contributed by atoms with E-state index in [2.05, 4.69) is 29.4 Å². The molecule has 3 heterocycles. The predicted octanol–water partition coefficient (Wildman–Crippen LogP) is 2.59. The molecule has 2 aromatic rings.